The largest absolute Gasteiger partial charge is 0.313 e. The summed E-state index contributed by atoms with van der Waals surface area (Å²) in [5.41, 5.74) is 1.40. The van der Waals surface area contributed by atoms with Gasteiger partial charge in [-0.05, 0) is 43.5 Å². The molecular formula is C13H18BrN. The molecule has 15 heavy (non-hydrogen) atoms. The zero-order valence-corrected chi connectivity index (χ0v) is 10.8. The van der Waals surface area contributed by atoms with Gasteiger partial charge in [-0.25, -0.2) is 0 Å². The summed E-state index contributed by atoms with van der Waals surface area (Å²) in [7, 11) is 2.06. The minimum atomic E-state index is 0.527. The van der Waals surface area contributed by atoms with Gasteiger partial charge < -0.3 is 5.32 Å². The topological polar surface area (TPSA) is 12.0 Å². The van der Waals surface area contributed by atoms with E-state index < -0.39 is 0 Å². The maximum absolute atomic E-state index is 3.47. The molecule has 1 saturated carbocycles. The highest BCUT2D eigenvalue weighted by Crippen LogP contribution is 2.35. The quantitative estimate of drug-likeness (QED) is 0.854. The van der Waals surface area contributed by atoms with E-state index in [1.807, 2.05) is 0 Å². The third-order valence-corrected chi connectivity index (χ3v) is 3.71. The van der Waals surface area contributed by atoms with Crippen LogP contribution in [0.3, 0.4) is 0 Å². The Hall–Kier alpha value is -0.340. The summed E-state index contributed by atoms with van der Waals surface area (Å²) in [5.74, 6) is 1.02. The molecule has 0 radical (unpaired) electrons. The van der Waals surface area contributed by atoms with Crippen LogP contribution in [0.1, 0.15) is 37.3 Å². The molecule has 2 rings (SSSR count). The van der Waals surface area contributed by atoms with Crippen LogP contribution in [-0.2, 0) is 0 Å². The highest BCUT2D eigenvalue weighted by Gasteiger charge is 2.22. The van der Waals surface area contributed by atoms with Crippen molar-refractivity contribution in [2.45, 2.75) is 31.7 Å². The van der Waals surface area contributed by atoms with E-state index in [0.29, 0.717) is 6.04 Å². The lowest BCUT2D eigenvalue weighted by Gasteiger charge is -2.16. The molecule has 2 heteroatoms. The van der Waals surface area contributed by atoms with Crippen molar-refractivity contribution in [3.8, 4) is 0 Å². The zero-order valence-electron chi connectivity index (χ0n) is 9.17. The van der Waals surface area contributed by atoms with E-state index >= 15 is 0 Å². The summed E-state index contributed by atoms with van der Waals surface area (Å²) in [4.78, 5) is 0. The molecule has 1 unspecified atom stereocenters. The Kier molecular flexibility index (Phi) is 3.81. The lowest BCUT2D eigenvalue weighted by Crippen LogP contribution is -2.16. The molecule has 0 aromatic heterocycles. The molecule has 1 aliphatic carbocycles. The summed E-state index contributed by atoms with van der Waals surface area (Å²) in [6.45, 7) is 0. The minimum absolute atomic E-state index is 0.527. The number of nitrogens with one attached hydrogen (secondary N) is 1. The first-order valence-corrected chi connectivity index (χ1v) is 6.51. The van der Waals surface area contributed by atoms with Crippen molar-refractivity contribution < 1.29 is 0 Å². The highest BCUT2D eigenvalue weighted by atomic mass is 79.9. The van der Waals surface area contributed by atoms with Gasteiger partial charge in [0.05, 0.1) is 0 Å². The standard InChI is InChI=1S/C13H18BrN/c1-15-13(9-4-10-2-3-10)11-5-7-12(14)8-6-11/h5-8,10,13,15H,2-4,9H2,1H3. The molecule has 1 N–H and O–H groups in total. The van der Waals surface area contributed by atoms with Crippen LogP contribution in [0.15, 0.2) is 28.7 Å². The average molecular weight is 268 g/mol. The summed E-state index contributed by atoms with van der Waals surface area (Å²) < 4.78 is 1.16. The lowest BCUT2D eigenvalue weighted by molar-refractivity contribution is 0.506. The fourth-order valence-electron chi connectivity index (χ4n) is 1.98. The van der Waals surface area contributed by atoms with Crippen molar-refractivity contribution in [2.75, 3.05) is 7.05 Å². The Morgan fingerprint density at radius 1 is 1.33 bits per heavy atom. The normalized spacial score (nSPS) is 17.7. The van der Waals surface area contributed by atoms with E-state index in [1.165, 1.54) is 31.2 Å². The molecule has 0 amide bonds. The molecule has 1 aromatic rings. The van der Waals surface area contributed by atoms with E-state index in [-0.39, 0.29) is 0 Å². The van der Waals surface area contributed by atoms with Crippen LogP contribution in [0.2, 0.25) is 0 Å². The van der Waals surface area contributed by atoms with Crippen LogP contribution in [-0.4, -0.2) is 7.05 Å². The Morgan fingerprint density at radius 3 is 2.53 bits per heavy atom. The van der Waals surface area contributed by atoms with Gasteiger partial charge >= 0.3 is 0 Å². The molecule has 1 fully saturated rings. The van der Waals surface area contributed by atoms with Crippen LogP contribution in [0.25, 0.3) is 0 Å². The van der Waals surface area contributed by atoms with Crippen LogP contribution in [0, 0.1) is 5.92 Å². The Labute approximate surface area is 100 Å². The number of halogens is 1. The van der Waals surface area contributed by atoms with Gasteiger partial charge in [0, 0.05) is 10.5 Å². The predicted octanol–water partition coefficient (Wildman–Crippen LogP) is 3.90. The molecule has 0 saturated heterocycles. The molecule has 0 spiro atoms. The monoisotopic (exact) mass is 267 g/mol. The smallest absolute Gasteiger partial charge is 0.0317 e. The zero-order chi connectivity index (χ0) is 10.7. The van der Waals surface area contributed by atoms with Gasteiger partial charge in [0.1, 0.15) is 0 Å². The Balaban J connectivity index is 1.94. The maximum atomic E-state index is 3.47. The van der Waals surface area contributed by atoms with Crippen molar-refractivity contribution in [3.05, 3.63) is 34.3 Å². The number of rotatable bonds is 5. The molecule has 82 valence electrons. The summed E-state index contributed by atoms with van der Waals surface area (Å²) >= 11 is 3.47. The van der Waals surface area contributed by atoms with Gasteiger partial charge in [0.2, 0.25) is 0 Å². The Morgan fingerprint density at radius 2 is 2.00 bits per heavy atom. The lowest BCUT2D eigenvalue weighted by atomic mass is 10.0. The molecule has 1 nitrogen and oxygen atoms in total. The van der Waals surface area contributed by atoms with Crippen LogP contribution < -0.4 is 5.32 Å². The maximum Gasteiger partial charge on any atom is 0.0317 e. The van der Waals surface area contributed by atoms with E-state index in [0.717, 1.165) is 10.4 Å². The summed E-state index contributed by atoms with van der Waals surface area (Å²) in [6.07, 6.45) is 5.55. The molecule has 0 aliphatic heterocycles. The van der Waals surface area contributed by atoms with Gasteiger partial charge in [-0.3, -0.25) is 0 Å². The van der Waals surface area contributed by atoms with Gasteiger partial charge in [-0.1, -0.05) is 40.9 Å². The van der Waals surface area contributed by atoms with E-state index in [9.17, 15) is 0 Å². The number of hydrogen-bond donors (Lipinski definition) is 1. The van der Waals surface area contributed by atoms with Gasteiger partial charge in [0.15, 0.2) is 0 Å². The van der Waals surface area contributed by atoms with Crippen molar-refractivity contribution in [2.24, 2.45) is 5.92 Å². The second-order valence-electron chi connectivity index (χ2n) is 4.41. The third kappa shape index (κ3) is 3.32. The fraction of sp³-hybridized carbons (Fsp3) is 0.538. The van der Waals surface area contributed by atoms with Crippen molar-refractivity contribution >= 4 is 15.9 Å². The molecule has 1 aromatic carbocycles. The second-order valence-corrected chi connectivity index (χ2v) is 5.33. The second kappa shape index (κ2) is 5.13. The van der Waals surface area contributed by atoms with E-state index in [2.05, 4.69) is 52.6 Å². The first-order valence-electron chi connectivity index (χ1n) is 5.72. The number of hydrogen-bond acceptors (Lipinski definition) is 1. The third-order valence-electron chi connectivity index (χ3n) is 3.18. The summed E-state index contributed by atoms with van der Waals surface area (Å²) in [5, 5.41) is 3.41. The van der Waals surface area contributed by atoms with Crippen LogP contribution in [0.4, 0.5) is 0 Å². The molecule has 0 bridgehead atoms. The molecular weight excluding hydrogens is 250 g/mol. The fourth-order valence-corrected chi connectivity index (χ4v) is 2.25. The Bertz CT molecular complexity index is 303. The summed E-state index contributed by atoms with van der Waals surface area (Å²) in [6, 6.07) is 9.18. The predicted molar refractivity (Wildman–Crippen MR) is 67.9 cm³/mol. The van der Waals surface area contributed by atoms with Gasteiger partial charge in [-0.2, -0.15) is 0 Å². The van der Waals surface area contributed by atoms with E-state index in [1.54, 1.807) is 0 Å². The molecule has 0 heterocycles. The molecule has 1 aliphatic rings. The van der Waals surface area contributed by atoms with Gasteiger partial charge in [-0.15, -0.1) is 0 Å². The van der Waals surface area contributed by atoms with Crippen LogP contribution >= 0.6 is 15.9 Å². The van der Waals surface area contributed by atoms with Gasteiger partial charge in [0.25, 0.3) is 0 Å². The van der Waals surface area contributed by atoms with Crippen molar-refractivity contribution in [3.63, 3.8) is 0 Å². The highest BCUT2D eigenvalue weighted by molar-refractivity contribution is 9.10. The number of benzene rings is 1. The van der Waals surface area contributed by atoms with Crippen molar-refractivity contribution in [1.82, 2.24) is 5.32 Å². The first kappa shape index (κ1) is 11.2. The van der Waals surface area contributed by atoms with E-state index in [4.69, 9.17) is 0 Å². The minimum Gasteiger partial charge on any atom is -0.313 e. The first-order chi connectivity index (χ1) is 7.29. The van der Waals surface area contributed by atoms with Crippen LogP contribution in [0.5, 0.6) is 0 Å². The average Bonchev–Trinajstić information content (AvgIpc) is 3.05. The SMILES string of the molecule is CNC(CCC1CC1)c1ccc(Br)cc1. The molecule has 1 atom stereocenters. The van der Waals surface area contributed by atoms with Crippen molar-refractivity contribution in [1.29, 1.82) is 0 Å².